The summed E-state index contributed by atoms with van der Waals surface area (Å²) >= 11 is 0. The van der Waals surface area contributed by atoms with Crippen molar-refractivity contribution in [2.75, 3.05) is 6.54 Å². The molecule has 3 atom stereocenters. The number of rotatable bonds is 3. The third kappa shape index (κ3) is 1.54. The van der Waals surface area contributed by atoms with Gasteiger partial charge in [-0.1, -0.05) is 6.92 Å². The Morgan fingerprint density at radius 3 is 2.71 bits per heavy atom. The van der Waals surface area contributed by atoms with Crippen LogP contribution in [0.15, 0.2) is 0 Å². The first-order valence-corrected chi connectivity index (χ1v) is 5.72. The van der Waals surface area contributed by atoms with Gasteiger partial charge in [0.25, 0.3) is 0 Å². The van der Waals surface area contributed by atoms with Gasteiger partial charge in [0.15, 0.2) is 0 Å². The Morgan fingerprint density at radius 1 is 1.43 bits per heavy atom. The number of likely N-dealkylation sites (tertiary alicyclic amines) is 1. The smallest absolute Gasteiger partial charge is 0.308 e. The molecular formula is C11H19NO2. The number of carbonyl (C=O) groups is 1. The number of aliphatic carboxylic acids is 1. The van der Waals surface area contributed by atoms with Crippen molar-refractivity contribution < 1.29 is 9.90 Å². The molecular weight excluding hydrogens is 178 g/mol. The molecule has 1 heterocycles. The second-order valence-electron chi connectivity index (χ2n) is 4.53. The van der Waals surface area contributed by atoms with Crippen LogP contribution in [0.25, 0.3) is 0 Å². The van der Waals surface area contributed by atoms with Gasteiger partial charge in [-0.05, 0) is 38.6 Å². The highest BCUT2D eigenvalue weighted by Crippen LogP contribution is 2.37. The predicted octanol–water partition coefficient (Wildman–Crippen LogP) is 1.72. The van der Waals surface area contributed by atoms with Gasteiger partial charge in [0.2, 0.25) is 0 Å². The van der Waals surface area contributed by atoms with Crippen molar-refractivity contribution in [2.45, 2.75) is 51.1 Å². The summed E-state index contributed by atoms with van der Waals surface area (Å²) in [5.41, 5.74) is 0. The summed E-state index contributed by atoms with van der Waals surface area (Å²) in [6.07, 6.45) is 5.66. The fourth-order valence-electron chi connectivity index (χ4n) is 2.90. The summed E-state index contributed by atoms with van der Waals surface area (Å²) < 4.78 is 0. The average molecular weight is 197 g/mol. The fourth-order valence-corrected chi connectivity index (χ4v) is 2.90. The lowest BCUT2D eigenvalue weighted by atomic mass is 9.78. The van der Waals surface area contributed by atoms with Crippen LogP contribution >= 0.6 is 0 Å². The minimum Gasteiger partial charge on any atom is -0.481 e. The molecule has 0 aromatic heterocycles. The van der Waals surface area contributed by atoms with E-state index in [1.807, 2.05) is 0 Å². The highest BCUT2D eigenvalue weighted by atomic mass is 16.4. The molecule has 2 rings (SSSR count). The van der Waals surface area contributed by atoms with Crippen LogP contribution in [-0.4, -0.2) is 34.6 Å². The molecule has 2 fully saturated rings. The van der Waals surface area contributed by atoms with E-state index in [1.165, 1.54) is 19.3 Å². The first kappa shape index (κ1) is 9.97. The molecule has 3 heteroatoms. The van der Waals surface area contributed by atoms with Crippen LogP contribution in [0.3, 0.4) is 0 Å². The third-order valence-electron chi connectivity index (χ3n) is 3.88. The number of carboxylic acids is 1. The van der Waals surface area contributed by atoms with Crippen LogP contribution in [0.2, 0.25) is 0 Å². The molecule has 1 saturated carbocycles. The van der Waals surface area contributed by atoms with Crippen molar-refractivity contribution in [2.24, 2.45) is 5.92 Å². The van der Waals surface area contributed by atoms with Crippen molar-refractivity contribution in [1.29, 1.82) is 0 Å². The molecule has 3 nitrogen and oxygen atoms in total. The maximum absolute atomic E-state index is 10.9. The Bertz CT molecular complexity index is 229. The Kier molecular flexibility index (Phi) is 2.77. The van der Waals surface area contributed by atoms with Gasteiger partial charge in [0.05, 0.1) is 5.92 Å². The third-order valence-corrected chi connectivity index (χ3v) is 3.88. The van der Waals surface area contributed by atoms with Gasteiger partial charge in [-0.2, -0.15) is 0 Å². The molecule has 0 aromatic rings. The zero-order valence-corrected chi connectivity index (χ0v) is 8.78. The van der Waals surface area contributed by atoms with Crippen molar-refractivity contribution in [3.63, 3.8) is 0 Å². The fraction of sp³-hybridized carbons (Fsp3) is 0.909. The average Bonchev–Trinajstić information content (AvgIpc) is 2.49. The normalized spacial score (nSPS) is 38.2. The Labute approximate surface area is 85.1 Å². The molecule has 0 spiro atoms. The molecule has 1 saturated heterocycles. The van der Waals surface area contributed by atoms with E-state index in [1.54, 1.807) is 0 Å². The van der Waals surface area contributed by atoms with Crippen LogP contribution in [0, 0.1) is 5.92 Å². The molecule has 14 heavy (non-hydrogen) atoms. The zero-order chi connectivity index (χ0) is 10.1. The number of carboxylic acid groups (broad SMARTS) is 1. The van der Waals surface area contributed by atoms with Gasteiger partial charge < -0.3 is 5.11 Å². The van der Waals surface area contributed by atoms with Gasteiger partial charge in [-0.25, -0.2) is 0 Å². The van der Waals surface area contributed by atoms with Gasteiger partial charge in [-0.3, -0.25) is 9.69 Å². The SMILES string of the molecule is CCC1CCCN1C1CCC1C(=O)O. The minimum absolute atomic E-state index is 0.0813. The Balaban J connectivity index is 1.97. The van der Waals surface area contributed by atoms with Crippen LogP contribution in [-0.2, 0) is 4.79 Å². The lowest BCUT2D eigenvalue weighted by Crippen LogP contribution is -2.51. The second-order valence-corrected chi connectivity index (χ2v) is 4.53. The summed E-state index contributed by atoms with van der Waals surface area (Å²) in [7, 11) is 0. The molecule has 0 aromatic carbocycles. The van der Waals surface area contributed by atoms with Crippen LogP contribution < -0.4 is 0 Å². The van der Waals surface area contributed by atoms with E-state index in [4.69, 9.17) is 5.11 Å². The molecule has 80 valence electrons. The lowest BCUT2D eigenvalue weighted by Gasteiger charge is -2.43. The molecule has 0 bridgehead atoms. The highest BCUT2D eigenvalue weighted by molar-refractivity contribution is 5.72. The summed E-state index contributed by atoms with van der Waals surface area (Å²) in [5, 5.41) is 9.00. The summed E-state index contributed by atoms with van der Waals surface area (Å²) in [5.74, 6) is -0.676. The second kappa shape index (κ2) is 3.89. The molecule has 3 unspecified atom stereocenters. The van der Waals surface area contributed by atoms with Crippen molar-refractivity contribution in [3.05, 3.63) is 0 Å². The van der Waals surface area contributed by atoms with E-state index in [0.29, 0.717) is 12.1 Å². The van der Waals surface area contributed by atoms with Crippen LogP contribution in [0.1, 0.15) is 39.0 Å². The van der Waals surface area contributed by atoms with Crippen LogP contribution in [0.4, 0.5) is 0 Å². The van der Waals surface area contributed by atoms with Crippen LogP contribution in [0.5, 0.6) is 0 Å². The minimum atomic E-state index is -0.594. The van der Waals surface area contributed by atoms with E-state index >= 15 is 0 Å². The van der Waals surface area contributed by atoms with Crippen molar-refractivity contribution in [3.8, 4) is 0 Å². The van der Waals surface area contributed by atoms with E-state index in [9.17, 15) is 4.79 Å². The van der Waals surface area contributed by atoms with Gasteiger partial charge in [-0.15, -0.1) is 0 Å². The monoisotopic (exact) mass is 197 g/mol. The summed E-state index contributed by atoms with van der Waals surface area (Å²) in [4.78, 5) is 13.4. The molecule has 0 radical (unpaired) electrons. The summed E-state index contributed by atoms with van der Waals surface area (Å²) in [6, 6.07) is 1.00. The Morgan fingerprint density at radius 2 is 2.21 bits per heavy atom. The molecule has 2 aliphatic rings. The number of hydrogen-bond acceptors (Lipinski definition) is 2. The standard InChI is InChI=1S/C11H19NO2/c1-2-8-4-3-7-12(8)10-6-5-9(10)11(13)14/h8-10H,2-7H2,1H3,(H,13,14). The topological polar surface area (TPSA) is 40.5 Å². The Hall–Kier alpha value is -0.570. The van der Waals surface area contributed by atoms with Gasteiger partial charge >= 0.3 is 5.97 Å². The maximum atomic E-state index is 10.9. The van der Waals surface area contributed by atoms with Crippen molar-refractivity contribution in [1.82, 2.24) is 4.90 Å². The van der Waals surface area contributed by atoms with Gasteiger partial charge in [0, 0.05) is 12.1 Å². The molecule has 0 amide bonds. The van der Waals surface area contributed by atoms with Crippen molar-refractivity contribution >= 4 is 5.97 Å². The van der Waals surface area contributed by atoms with E-state index in [2.05, 4.69) is 11.8 Å². The molecule has 1 aliphatic carbocycles. The predicted molar refractivity (Wildman–Crippen MR) is 54.2 cm³/mol. The largest absolute Gasteiger partial charge is 0.481 e. The number of nitrogens with zero attached hydrogens (tertiary/aromatic N) is 1. The first-order valence-electron chi connectivity index (χ1n) is 5.72. The zero-order valence-electron chi connectivity index (χ0n) is 8.78. The van der Waals surface area contributed by atoms with Gasteiger partial charge in [0.1, 0.15) is 0 Å². The molecule has 1 N–H and O–H groups in total. The quantitative estimate of drug-likeness (QED) is 0.749. The van der Waals surface area contributed by atoms with E-state index in [0.717, 1.165) is 19.4 Å². The number of hydrogen-bond donors (Lipinski definition) is 1. The first-order chi connectivity index (χ1) is 6.74. The van der Waals surface area contributed by atoms with E-state index in [-0.39, 0.29) is 5.92 Å². The highest BCUT2D eigenvalue weighted by Gasteiger charge is 2.43. The molecule has 1 aliphatic heterocycles. The lowest BCUT2D eigenvalue weighted by molar-refractivity contribution is -0.149. The maximum Gasteiger partial charge on any atom is 0.308 e. The van der Waals surface area contributed by atoms with E-state index < -0.39 is 5.97 Å². The summed E-state index contributed by atoms with van der Waals surface area (Å²) in [6.45, 7) is 3.32.